The molecule has 1 amide bonds. The minimum Gasteiger partial charge on any atom is -0.325 e. The second-order valence-corrected chi connectivity index (χ2v) is 5.88. The van der Waals surface area contributed by atoms with Crippen LogP contribution in [-0.2, 0) is 11.2 Å². The second kappa shape index (κ2) is 8.06. The molecule has 0 fully saturated rings. The first-order valence-corrected chi connectivity index (χ1v) is 7.85. The average Bonchev–Trinajstić information content (AvgIpc) is 2.49. The summed E-state index contributed by atoms with van der Waals surface area (Å²) >= 11 is 3.42. The van der Waals surface area contributed by atoms with E-state index < -0.39 is 0 Å². The van der Waals surface area contributed by atoms with E-state index in [-0.39, 0.29) is 18.3 Å². The van der Waals surface area contributed by atoms with E-state index >= 15 is 0 Å². The van der Waals surface area contributed by atoms with Crippen LogP contribution in [0.15, 0.2) is 46.9 Å². The van der Waals surface area contributed by atoms with Crippen LogP contribution in [0.5, 0.6) is 0 Å². The van der Waals surface area contributed by atoms with Gasteiger partial charge in [0.05, 0.1) is 6.54 Å². The molecule has 0 aliphatic rings. The Bertz CT molecular complexity index is 661. The van der Waals surface area contributed by atoms with E-state index in [1.807, 2.05) is 25.1 Å². The highest BCUT2D eigenvalue weighted by Crippen LogP contribution is 2.19. The molecule has 0 unspecified atom stereocenters. The number of rotatable bonds is 6. The van der Waals surface area contributed by atoms with Gasteiger partial charge in [0.2, 0.25) is 5.91 Å². The Labute approximate surface area is 138 Å². The van der Waals surface area contributed by atoms with Crippen LogP contribution in [0.1, 0.15) is 11.1 Å². The van der Waals surface area contributed by atoms with Gasteiger partial charge in [-0.2, -0.15) is 0 Å². The van der Waals surface area contributed by atoms with Crippen molar-refractivity contribution < 1.29 is 9.18 Å². The van der Waals surface area contributed by atoms with Crippen molar-refractivity contribution in [3.8, 4) is 0 Å². The number of nitrogens with one attached hydrogen (secondary N) is 2. The second-order valence-electron chi connectivity index (χ2n) is 5.03. The van der Waals surface area contributed by atoms with Crippen molar-refractivity contribution in [2.24, 2.45) is 0 Å². The zero-order valence-electron chi connectivity index (χ0n) is 12.3. The lowest BCUT2D eigenvalue weighted by Gasteiger charge is -2.08. The fraction of sp³-hybridized carbons (Fsp3) is 0.235. The molecule has 2 N–H and O–H groups in total. The standard InChI is InChI=1S/C17H18BrFN2O/c1-12-10-14(6-7-15(12)18)21-17(22)11-20-9-8-13-4-2-3-5-16(13)19/h2-7,10,20H,8-9,11H2,1H3,(H,21,22). The number of carbonyl (C=O) groups is 1. The zero-order valence-corrected chi connectivity index (χ0v) is 13.9. The molecule has 0 heterocycles. The molecule has 2 aromatic rings. The van der Waals surface area contributed by atoms with Gasteiger partial charge >= 0.3 is 0 Å². The van der Waals surface area contributed by atoms with Gasteiger partial charge in [-0.1, -0.05) is 34.1 Å². The molecular weight excluding hydrogens is 347 g/mol. The fourth-order valence-corrected chi connectivity index (χ4v) is 2.30. The third kappa shape index (κ3) is 4.93. The summed E-state index contributed by atoms with van der Waals surface area (Å²) in [6.45, 7) is 2.71. The average molecular weight is 365 g/mol. The molecule has 0 aromatic heterocycles. The van der Waals surface area contributed by atoms with Gasteiger partial charge in [-0.3, -0.25) is 4.79 Å². The van der Waals surface area contributed by atoms with Crippen molar-refractivity contribution in [3.05, 3.63) is 63.9 Å². The smallest absolute Gasteiger partial charge is 0.238 e. The molecular formula is C17H18BrFN2O. The van der Waals surface area contributed by atoms with E-state index in [9.17, 15) is 9.18 Å². The third-order valence-corrected chi connectivity index (χ3v) is 4.15. The Hall–Kier alpha value is -1.72. The lowest BCUT2D eigenvalue weighted by Crippen LogP contribution is -2.29. The van der Waals surface area contributed by atoms with E-state index in [1.54, 1.807) is 18.2 Å². The highest BCUT2D eigenvalue weighted by molar-refractivity contribution is 9.10. The van der Waals surface area contributed by atoms with Crippen molar-refractivity contribution in [1.82, 2.24) is 5.32 Å². The monoisotopic (exact) mass is 364 g/mol. The van der Waals surface area contributed by atoms with Crippen molar-refractivity contribution in [3.63, 3.8) is 0 Å². The van der Waals surface area contributed by atoms with Crippen molar-refractivity contribution in [1.29, 1.82) is 0 Å². The SMILES string of the molecule is Cc1cc(NC(=O)CNCCc2ccccc2F)ccc1Br. The molecule has 0 aliphatic carbocycles. The molecule has 0 radical (unpaired) electrons. The van der Waals surface area contributed by atoms with Crippen molar-refractivity contribution >= 4 is 27.5 Å². The molecule has 116 valence electrons. The lowest BCUT2D eigenvalue weighted by atomic mass is 10.1. The third-order valence-electron chi connectivity index (χ3n) is 3.26. The molecule has 3 nitrogen and oxygen atoms in total. The highest BCUT2D eigenvalue weighted by Gasteiger charge is 2.04. The van der Waals surface area contributed by atoms with Gasteiger partial charge in [0.15, 0.2) is 0 Å². The maximum absolute atomic E-state index is 13.4. The van der Waals surface area contributed by atoms with E-state index in [2.05, 4.69) is 26.6 Å². The number of benzene rings is 2. The minimum absolute atomic E-state index is 0.116. The number of hydrogen-bond acceptors (Lipinski definition) is 2. The summed E-state index contributed by atoms with van der Waals surface area (Å²) in [6.07, 6.45) is 0.553. The molecule has 2 aromatic carbocycles. The van der Waals surface area contributed by atoms with E-state index in [1.165, 1.54) is 6.07 Å². The fourth-order valence-electron chi connectivity index (χ4n) is 2.05. The summed E-state index contributed by atoms with van der Waals surface area (Å²) in [5.41, 5.74) is 2.48. The Morgan fingerprint density at radius 1 is 1.23 bits per heavy atom. The number of halogens is 2. The topological polar surface area (TPSA) is 41.1 Å². The molecule has 22 heavy (non-hydrogen) atoms. The number of hydrogen-bond donors (Lipinski definition) is 2. The van der Waals surface area contributed by atoms with Gasteiger partial charge in [0, 0.05) is 10.2 Å². The highest BCUT2D eigenvalue weighted by atomic mass is 79.9. The van der Waals surface area contributed by atoms with Gasteiger partial charge in [-0.25, -0.2) is 4.39 Å². The van der Waals surface area contributed by atoms with E-state index in [4.69, 9.17) is 0 Å². The van der Waals surface area contributed by atoms with Crippen LogP contribution in [0, 0.1) is 12.7 Å². The first-order chi connectivity index (χ1) is 10.6. The van der Waals surface area contributed by atoms with Gasteiger partial charge in [0.25, 0.3) is 0 Å². The van der Waals surface area contributed by atoms with Gasteiger partial charge in [-0.05, 0) is 55.3 Å². The predicted molar refractivity (Wildman–Crippen MR) is 90.5 cm³/mol. The quantitative estimate of drug-likeness (QED) is 0.767. The summed E-state index contributed by atoms with van der Waals surface area (Å²) in [5, 5.41) is 5.84. The van der Waals surface area contributed by atoms with Crippen LogP contribution >= 0.6 is 15.9 Å². The first-order valence-electron chi connectivity index (χ1n) is 7.06. The van der Waals surface area contributed by atoms with Crippen LogP contribution in [0.4, 0.5) is 10.1 Å². The van der Waals surface area contributed by atoms with Crippen LogP contribution in [0.3, 0.4) is 0 Å². The maximum atomic E-state index is 13.4. The van der Waals surface area contributed by atoms with E-state index in [0.717, 1.165) is 15.7 Å². The summed E-state index contributed by atoms with van der Waals surface area (Å²) in [6, 6.07) is 12.3. The lowest BCUT2D eigenvalue weighted by molar-refractivity contribution is -0.115. The molecule has 0 spiro atoms. The number of anilines is 1. The van der Waals surface area contributed by atoms with Gasteiger partial charge in [-0.15, -0.1) is 0 Å². The maximum Gasteiger partial charge on any atom is 0.238 e. The normalized spacial score (nSPS) is 10.5. The Morgan fingerprint density at radius 2 is 2.00 bits per heavy atom. The Morgan fingerprint density at radius 3 is 2.73 bits per heavy atom. The Kier molecular flexibility index (Phi) is 6.10. The molecule has 0 aliphatic heterocycles. The first kappa shape index (κ1) is 16.6. The van der Waals surface area contributed by atoms with Crippen LogP contribution in [0.2, 0.25) is 0 Å². The molecule has 0 bridgehead atoms. The van der Waals surface area contributed by atoms with Gasteiger partial charge < -0.3 is 10.6 Å². The van der Waals surface area contributed by atoms with Crippen LogP contribution in [-0.4, -0.2) is 19.0 Å². The number of carbonyl (C=O) groups excluding carboxylic acids is 1. The van der Waals surface area contributed by atoms with Crippen LogP contribution < -0.4 is 10.6 Å². The van der Waals surface area contributed by atoms with Crippen molar-refractivity contribution in [2.75, 3.05) is 18.4 Å². The summed E-state index contributed by atoms with van der Waals surface area (Å²) < 4.78 is 14.4. The van der Waals surface area contributed by atoms with E-state index in [0.29, 0.717) is 18.5 Å². The summed E-state index contributed by atoms with van der Waals surface area (Å²) in [4.78, 5) is 11.8. The molecule has 0 saturated carbocycles. The molecule has 0 atom stereocenters. The Balaban J connectivity index is 1.74. The van der Waals surface area contributed by atoms with Crippen LogP contribution in [0.25, 0.3) is 0 Å². The molecule has 5 heteroatoms. The molecule has 2 rings (SSSR count). The molecule has 0 saturated heterocycles. The van der Waals surface area contributed by atoms with Crippen molar-refractivity contribution in [2.45, 2.75) is 13.3 Å². The number of aryl methyl sites for hydroxylation is 1. The predicted octanol–water partition coefficient (Wildman–Crippen LogP) is 3.67. The largest absolute Gasteiger partial charge is 0.325 e. The van der Waals surface area contributed by atoms with Gasteiger partial charge in [0.1, 0.15) is 5.82 Å². The number of amides is 1. The summed E-state index contributed by atoms with van der Waals surface area (Å²) in [5.74, 6) is -0.325. The minimum atomic E-state index is -0.209. The zero-order chi connectivity index (χ0) is 15.9. The summed E-state index contributed by atoms with van der Waals surface area (Å²) in [7, 11) is 0.